The van der Waals surface area contributed by atoms with E-state index in [1.165, 1.54) is 5.56 Å². The van der Waals surface area contributed by atoms with Crippen LogP contribution in [0.15, 0.2) is 42.5 Å². The van der Waals surface area contributed by atoms with Crippen LogP contribution in [0.2, 0.25) is 0 Å². The highest BCUT2D eigenvalue weighted by Crippen LogP contribution is 2.33. The van der Waals surface area contributed by atoms with Gasteiger partial charge >= 0.3 is 0 Å². The minimum Gasteiger partial charge on any atom is -0.482 e. The van der Waals surface area contributed by atoms with Gasteiger partial charge in [-0.3, -0.25) is 9.59 Å². The van der Waals surface area contributed by atoms with Crippen LogP contribution in [0.1, 0.15) is 17.5 Å². The Balaban J connectivity index is 1.62. The van der Waals surface area contributed by atoms with Gasteiger partial charge in [-0.25, -0.2) is 0 Å². The summed E-state index contributed by atoms with van der Waals surface area (Å²) in [6.45, 7) is 2.09. The zero-order chi connectivity index (χ0) is 17.1. The van der Waals surface area contributed by atoms with Crippen molar-refractivity contribution in [1.29, 1.82) is 0 Å². The van der Waals surface area contributed by atoms with Gasteiger partial charge in [-0.15, -0.1) is 0 Å². The van der Waals surface area contributed by atoms with E-state index in [-0.39, 0.29) is 18.4 Å². The first kappa shape index (κ1) is 16.1. The zero-order valence-corrected chi connectivity index (χ0v) is 13.8. The molecule has 0 bridgehead atoms. The Kier molecular flexibility index (Phi) is 4.51. The molecule has 0 spiro atoms. The number of nitrogens with one attached hydrogen (secondary N) is 1. The van der Waals surface area contributed by atoms with E-state index in [0.29, 0.717) is 30.0 Å². The number of rotatable bonds is 4. The smallest absolute Gasteiger partial charge is 0.264 e. The molecule has 1 aliphatic rings. The van der Waals surface area contributed by atoms with E-state index in [4.69, 9.17) is 4.74 Å². The molecule has 5 nitrogen and oxygen atoms in total. The topological polar surface area (TPSA) is 58.6 Å². The molecule has 2 amide bonds. The number of fused-ring (bicyclic) bond motifs is 1. The van der Waals surface area contributed by atoms with Crippen molar-refractivity contribution >= 4 is 23.2 Å². The lowest BCUT2D eigenvalue weighted by Crippen LogP contribution is -2.35. The minimum absolute atomic E-state index is 0.0474. The predicted molar refractivity (Wildman–Crippen MR) is 93.5 cm³/mol. The lowest BCUT2D eigenvalue weighted by Gasteiger charge is -2.26. The molecule has 5 heteroatoms. The average Bonchev–Trinajstić information content (AvgIpc) is 2.58. The Hall–Kier alpha value is -2.82. The van der Waals surface area contributed by atoms with Crippen molar-refractivity contribution in [3.63, 3.8) is 0 Å². The summed E-state index contributed by atoms with van der Waals surface area (Å²) in [7, 11) is 1.70. The summed E-state index contributed by atoms with van der Waals surface area (Å²) in [5.74, 6) is 0.487. The first-order valence-electron chi connectivity index (χ1n) is 7.92. The highest BCUT2D eigenvalue weighted by Gasteiger charge is 2.22. The van der Waals surface area contributed by atoms with E-state index in [1.54, 1.807) is 30.1 Å². The number of aryl methyl sites for hydroxylation is 2. The summed E-state index contributed by atoms with van der Waals surface area (Å²) in [4.78, 5) is 25.4. The normalized spacial score (nSPS) is 13.2. The van der Waals surface area contributed by atoms with Crippen molar-refractivity contribution in [2.45, 2.75) is 19.8 Å². The number of likely N-dealkylation sites (N-methyl/N-ethyl adjacent to an activating group) is 1. The molecule has 0 atom stereocenters. The van der Waals surface area contributed by atoms with Crippen LogP contribution in [0.3, 0.4) is 0 Å². The maximum atomic E-state index is 12.1. The second kappa shape index (κ2) is 6.74. The van der Waals surface area contributed by atoms with Crippen molar-refractivity contribution < 1.29 is 14.3 Å². The van der Waals surface area contributed by atoms with Crippen LogP contribution in [0.4, 0.5) is 11.4 Å². The van der Waals surface area contributed by atoms with Crippen LogP contribution in [0, 0.1) is 6.92 Å². The number of hydrogen-bond acceptors (Lipinski definition) is 3. The number of hydrogen-bond donors (Lipinski definition) is 1. The summed E-state index contributed by atoms with van der Waals surface area (Å²) < 4.78 is 5.38. The van der Waals surface area contributed by atoms with Crippen molar-refractivity contribution in [2.24, 2.45) is 0 Å². The van der Waals surface area contributed by atoms with E-state index in [1.807, 2.05) is 31.2 Å². The Morgan fingerprint density at radius 3 is 2.71 bits per heavy atom. The maximum Gasteiger partial charge on any atom is 0.264 e. The molecule has 0 unspecified atom stereocenters. The Labute approximate surface area is 141 Å². The lowest BCUT2D eigenvalue weighted by molar-refractivity contribution is -0.121. The molecule has 0 aromatic heterocycles. The van der Waals surface area contributed by atoms with Crippen LogP contribution in [-0.2, 0) is 16.0 Å². The highest BCUT2D eigenvalue weighted by molar-refractivity contribution is 5.99. The largest absolute Gasteiger partial charge is 0.482 e. The number of carbonyl (C=O) groups is 2. The van der Waals surface area contributed by atoms with Gasteiger partial charge in [0.25, 0.3) is 5.91 Å². The van der Waals surface area contributed by atoms with E-state index in [0.717, 1.165) is 5.56 Å². The van der Waals surface area contributed by atoms with Gasteiger partial charge in [0, 0.05) is 19.2 Å². The molecule has 24 heavy (non-hydrogen) atoms. The molecule has 0 radical (unpaired) electrons. The van der Waals surface area contributed by atoms with Gasteiger partial charge in [-0.1, -0.05) is 29.8 Å². The van der Waals surface area contributed by atoms with Crippen LogP contribution in [0.5, 0.6) is 5.75 Å². The summed E-state index contributed by atoms with van der Waals surface area (Å²) in [5.41, 5.74) is 3.67. The molecular weight excluding hydrogens is 304 g/mol. The van der Waals surface area contributed by atoms with Crippen LogP contribution in [-0.4, -0.2) is 25.5 Å². The maximum absolute atomic E-state index is 12.1. The third-order valence-corrected chi connectivity index (χ3v) is 4.09. The van der Waals surface area contributed by atoms with Crippen LogP contribution >= 0.6 is 0 Å². The quantitative estimate of drug-likeness (QED) is 0.941. The first-order chi connectivity index (χ1) is 11.5. The summed E-state index contributed by atoms with van der Waals surface area (Å²) in [5, 5.41) is 2.88. The highest BCUT2D eigenvalue weighted by atomic mass is 16.5. The number of amides is 2. The second-order valence-electron chi connectivity index (χ2n) is 5.96. The third-order valence-electron chi connectivity index (χ3n) is 4.09. The van der Waals surface area contributed by atoms with Gasteiger partial charge < -0.3 is 15.0 Å². The van der Waals surface area contributed by atoms with Crippen molar-refractivity contribution in [2.75, 3.05) is 23.9 Å². The molecule has 0 saturated heterocycles. The lowest BCUT2D eigenvalue weighted by atomic mass is 10.1. The van der Waals surface area contributed by atoms with E-state index < -0.39 is 0 Å². The van der Waals surface area contributed by atoms with Crippen molar-refractivity contribution in [3.05, 3.63) is 53.6 Å². The number of ether oxygens (including phenoxy) is 1. The first-order valence-corrected chi connectivity index (χ1v) is 7.92. The molecule has 3 rings (SSSR count). The Morgan fingerprint density at radius 2 is 1.96 bits per heavy atom. The molecule has 124 valence electrons. The molecular formula is C19H20N2O3. The SMILES string of the molecule is Cc1ccc(CCC(=O)Nc2ccc3c(c2)N(C)C(=O)CO3)cc1. The van der Waals surface area contributed by atoms with Gasteiger partial charge in [0.2, 0.25) is 5.91 Å². The number of nitrogens with zero attached hydrogens (tertiary/aromatic N) is 1. The fourth-order valence-corrected chi connectivity index (χ4v) is 2.59. The summed E-state index contributed by atoms with van der Waals surface area (Å²) >= 11 is 0. The van der Waals surface area contributed by atoms with Crippen LogP contribution in [0.25, 0.3) is 0 Å². The number of carbonyl (C=O) groups excluding carboxylic acids is 2. The van der Waals surface area contributed by atoms with Gasteiger partial charge in [-0.05, 0) is 37.1 Å². The third kappa shape index (κ3) is 3.56. The molecule has 0 fully saturated rings. The Bertz CT molecular complexity index is 769. The fraction of sp³-hybridized carbons (Fsp3) is 0.263. The van der Waals surface area contributed by atoms with Crippen LogP contribution < -0.4 is 15.0 Å². The second-order valence-corrected chi connectivity index (χ2v) is 5.96. The standard InChI is InChI=1S/C19H20N2O3/c1-13-3-5-14(6-4-13)7-10-18(22)20-15-8-9-17-16(11-15)21(2)19(23)12-24-17/h3-6,8-9,11H,7,10,12H2,1-2H3,(H,20,22). The van der Waals surface area contributed by atoms with Gasteiger partial charge in [0.15, 0.2) is 6.61 Å². The Morgan fingerprint density at radius 1 is 1.21 bits per heavy atom. The fourth-order valence-electron chi connectivity index (χ4n) is 2.59. The number of anilines is 2. The summed E-state index contributed by atoms with van der Waals surface area (Å²) in [6, 6.07) is 13.5. The van der Waals surface area contributed by atoms with Gasteiger partial charge in [0.1, 0.15) is 5.75 Å². The van der Waals surface area contributed by atoms with Crippen molar-refractivity contribution in [1.82, 2.24) is 0 Å². The van der Waals surface area contributed by atoms with E-state index in [2.05, 4.69) is 5.32 Å². The summed E-state index contributed by atoms with van der Waals surface area (Å²) in [6.07, 6.45) is 1.10. The van der Waals surface area contributed by atoms with Gasteiger partial charge in [0.05, 0.1) is 5.69 Å². The molecule has 1 N–H and O–H groups in total. The van der Waals surface area contributed by atoms with E-state index >= 15 is 0 Å². The predicted octanol–water partition coefficient (Wildman–Crippen LogP) is 2.92. The van der Waals surface area contributed by atoms with Crippen molar-refractivity contribution in [3.8, 4) is 5.75 Å². The number of benzene rings is 2. The molecule has 1 aliphatic heterocycles. The molecule has 0 aliphatic carbocycles. The van der Waals surface area contributed by atoms with Gasteiger partial charge in [-0.2, -0.15) is 0 Å². The molecule has 1 heterocycles. The van der Waals surface area contributed by atoms with E-state index in [9.17, 15) is 9.59 Å². The minimum atomic E-state index is -0.106. The monoisotopic (exact) mass is 324 g/mol. The molecule has 2 aromatic carbocycles. The molecule has 0 saturated carbocycles. The molecule has 2 aromatic rings. The average molecular weight is 324 g/mol. The zero-order valence-electron chi connectivity index (χ0n) is 13.8.